The molecule has 0 aliphatic carbocycles. The molecule has 0 aromatic carbocycles. The first-order valence-electron chi connectivity index (χ1n) is 3.46. The Kier molecular flexibility index (Phi) is 6.26. The summed E-state index contributed by atoms with van der Waals surface area (Å²) >= 11 is 4.80. The zero-order valence-corrected chi connectivity index (χ0v) is 8.77. The van der Waals surface area contributed by atoms with Gasteiger partial charge in [-0.1, -0.05) is 6.07 Å². The summed E-state index contributed by atoms with van der Waals surface area (Å²) < 4.78 is 0. The number of carbonyl (C=O) groups is 2. The molecule has 1 rings (SSSR count). The van der Waals surface area contributed by atoms with Gasteiger partial charge in [0.2, 0.25) is 0 Å². The van der Waals surface area contributed by atoms with Crippen LogP contribution >= 0.6 is 24.0 Å². The van der Waals surface area contributed by atoms with Gasteiger partial charge in [-0.2, -0.15) is 0 Å². The van der Waals surface area contributed by atoms with Gasteiger partial charge in [-0.25, -0.2) is 0 Å². The third kappa shape index (κ3) is 9.10. The van der Waals surface area contributed by atoms with Gasteiger partial charge in [0.25, 0.3) is 0 Å². The van der Waals surface area contributed by atoms with Crippen LogP contribution in [0.4, 0.5) is 0 Å². The minimum Gasteiger partial charge on any atom is -0.481 e. The zero-order chi connectivity index (χ0) is 10.3. The molecule has 0 saturated carbocycles. The fraction of sp³-hybridized carbons (Fsp3) is 0.250. The predicted octanol–water partition coefficient (Wildman–Crippen LogP) is 1.84. The van der Waals surface area contributed by atoms with Crippen molar-refractivity contribution < 1.29 is 14.7 Å². The summed E-state index contributed by atoms with van der Waals surface area (Å²) in [5.74, 6) is -0.766. The lowest BCUT2D eigenvalue weighted by molar-refractivity contribution is -0.136. The Morgan fingerprint density at radius 1 is 1.62 bits per heavy atom. The van der Waals surface area contributed by atoms with Crippen molar-refractivity contribution in [2.24, 2.45) is 0 Å². The summed E-state index contributed by atoms with van der Waals surface area (Å²) in [5.41, 5.74) is 0. The molecule has 0 saturated heterocycles. The number of carboxylic acid groups (broad SMARTS) is 1. The van der Waals surface area contributed by atoms with E-state index in [4.69, 9.17) is 5.11 Å². The second-order valence-electron chi connectivity index (χ2n) is 2.17. The SMILES string of the molecule is CC(=O)S.O=C(O)Cc1cccs1. The Morgan fingerprint density at radius 3 is 2.46 bits per heavy atom. The summed E-state index contributed by atoms with van der Waals surface area (Å²) in [6.07, 6.45) is 0.150. The van der Waals surface area contributed by atoms with Crippen molar-refractivity contribution >= 4 is 35.1 Å². The van der Waals surface area contributed by atoms with Crippen molar-refractivity contribution in [2.45, 2.75) is 13.3 Å². The Hall–Kier alpha value is -0.810. The average Bonchev–Trinajstić information content (AvgIpc) is 2.36. The number of hydrogen-bond donors (Lipinski definition) is 2. The monoisotopic (exact) mass is 218 g/mol. The molecule has 0 amide bonds. The fourth-order valence-corrected chi connectivity index (χ4v) is 1.26. The van der Waals surface area contributed by atoms with Crippen LogP contribution in [-0.2, 0) is 16.0 Å². The molecule has 3 nitrogen and oxygen atoms in total. The number of carboxylic acids is 1. The Morgan fingerprint density at radius 2 is 2.15 bits per heavy atom. The molecule has 72 valence electrons. The summed E-state index contributed by atoms with van der Waals surface area (Å²) in [5, 5.41) is 10.0. The van der Waals surface area contributed by atoms with Crippen molar-refractivity contribution in [3.63, 3.8) is 0 Å². The van der Waals surface area contributed by atoms with Crippen LogP contribution < -0.4 is 0 Å². The highest BCUT2D eigenvalue weighted by Crippen LogP contribution is 2.08. The Bertz CT molecular complexity index is 263. The van der Waals surface area contributed by atoms with E-state index < -0.39 is 5.97 Å². The van der Waals surface area contributed by atoms with Crippen LogP contribution in [0.15, 0.2) is 17.5 Å². The van der Waals surface area contributed by atoms with E-state index in [1.54, 1.807) is 0 Å². The molecule has 0 bridgehead atoms. The fourth-order valence-electron chi connectivity index (χ4n) is 0.562. The number of aliphatic carboxylic acids is 1. The van der Waals surface area contributed by atoms with E-state index in [1.165, 1.54) is 18.3 Å². The van der Waals surface area contributed by atoms with Gasteiger partial charge in [0, 0.05) is 11.8 Å². The first-order chi connectivity index (χ1) is 6.02. The van der Waals surface area contributed by atoms with Crippen LogP contribution in [0.3, 0.4) is 0 Å². The first-order valence-corrected chi connectivity index (χ1v) is 4.78. The molecule has 1 N–H and O–H groups in total. The second kappa shape index (κ2) is 6.68. The minimum atomic E-state index is -0.766. The molecule has 0 unspecified atom stereocenters. The molecule has 0 radical (unpaired) electrons. The van der Waals surface area contributed by atoms with Crippen LogP contribution in [0.1, 0.15) is 11.8 Å². The zero-order valence-electron chi connectivity index (χ0n) is 7.06. The Labute approximate surface area is 85.8 Å². The van der Waals surface area contributed by atoms with E-state index in [0.29, 0.717) is 0 Å². The normalized spacial score (nSPS) is 8.46. The summed E-state index contributed by atoms with van der Waals surface area (Å²) in [6.45, 7) is 1.39. The van der Waals surface area contributed by atoms with E-state index >= 15 is 0 Å². The number of carbonyl (C=O) groups excluding carboxylic acids is 1. The van der Waals surface area contributed by atoms with Crippen LogP contribution in [0.25, 0.3) is 0 Å². The molecule has 0 aliphatic heterocycles. The first kappa shape index (κ1) is 12.2. The van der Waals surface area contributed by atoms with Crippen molar-refractivity contribution in [1.82, 2.24) is 0 Å². The highest BCUT2D eigenvalue weighted by atomic mass is 32.1. The van der Waals surface area contributed by atoms with Gasteiger partial charge in [0.1, 0.15) is 0 Å². The van der Waals surface area contributed by atoms with E-state index in [2.05, 4.69) is 12.6 Å². The van der Waals surface area contributed by atoms with Gasteiger partial charge in [-0.15, -0.1) is 24.0 Å². The van der Waals surface area contributed by atoms with E-state index in [1.807, 2.05) is 17.5 Å². The van der Waals surface area contributed by atoms with Crippen molar-refractivity contribution in [3.05, 3.63) is 22.4 Å². The van der Waals surface area contributed by atoms with Crippen molar-refractivity contribution in [2.75, 3.05) is 0 Å². The molecule has 13 heavy (non-hydrogen) atoms. The van der Waals surface area contributed by atoms with E-state index in [9.17, 15) is 9.59 Å². The van der Waals surface area contributed by atoms with Crippen LogP contribution in [0.5, 0.6) is 0 Å². The minimum absolute atomic E-state index is 0.139. The summed E-state index contributed by atoms with van der Waals surface area (Å²) in [6, 6.07) is 3.67. The smallest absolute Gasteiger partial charge is 0.308 e. The van der Waals surface area contributed by atoms with Gasteiger partial charge in [-0.05, 0) is 11.4 Å². The molecular formula is C8H10O3S2. The quantitative estimate of drug-likeness (QED) is 0.745. The van der Waals surface area contributed by atoms with E-state index in [0.717, 1.165) is 4.88 Å². The molecule has 0 atom stereocenters. The van der Waals surface area contributed by atoms with Crippen LogP contribution in [0, 0.1) is 0 Å². The van der Waals surface area contributed by atoms with Crippen LogP contribution in [0.2, 0.25) is 0 Å². The lowest BCUT2D eigenvalue weighted by Gasteiger charge is -1.85. The molecule has 1 aromatic rings. The number of hydrogen-bond acceptors (Lipinski definition) is 3. The van der Waals surface area contributed by atoms with Gasteiger partial charge in [0.05, 0.1) is 6.42 Å². The molecule has 5 heteroatoms. The van der Waals surface area contributed by atoms with Crippen molar-refractivity contribution in [1.29, 1.82) is 0 Å². The maximum Gasteiger partial charge on any atom is 0.308 e. The number of rotatable bonds is 2. The van der Waals surface area contributed by atoms with Gasteiger partial charge in [0.15, 0.2) is 5.12 Å². The second-order valence-corrected chi connectivity index (χ2v) is 3.83. The molecule has 0 spiro atoms. The molecular weight excluding hydrogens is 208 g/mol. The number of thiophene rings is 1. The standard InChI is InChI=1S/C6H6O2S.C2H4OS/c7-6(8)4-5-2-1-3-9-5;1-2(3)4/h1-3H,4H2,(H,7,8);1H3,(H,3,4). The highest BCUT2D eigenvalue weighted by Gasteiger charge is 1.98. The molecule has 0 aliphatic rings. The molecule has 0 fully saturated rings. The van der Waals surface area contributed by atoms with Gasteiger partial charge >= 0.3 is 5.97 Å². The van der Waals surface area contributed by atoms with Crippen LogP contribution in [-0.4, -0.2) is 16.2 Å². The average molecular weight is 218 g/mol. The lowest BCUT2D eigenvalue weighted by atomic mass is 10.3. The van der Waals surface area contributed by atoms with E-state index in [-0.39, 0.29) is 11.5 Å². The van der Waals surface area contributed by atoms with Gasteiger partial charge in [-0.3, -0.25) is 9.59 Å². The number of thiol groups is 1. The molecule has 1 heterocycles. The third-order valence-electron chi connectivity index (χ3n) is 0.906. The highest BCUT2D eigenvalue weighted by molar-refractivity contribution is 7.96. The van der Waals surface area contributed by atoms with Crippen molar-refractivity contribution in [3.8, 4) is 0 Å². The lowest BCUT2D eigenvalue weighted by Crippen LogP contribution is -1.96. The summed E-state index contributed by atoms with van der Waals surface area (Å²) in [4.78, 5) is 20.3. The Balaban J connectivity index is 0.000000310. The topological polar surface area (TPSA) is 54.4 Å². The third-order valence-corrected chi connectivity index (χ3v) is 1.78. The largest absolute Gasteiger partial charge is 0.481 e. The predicted molar refractivity (Wildman–Crippen MR) is 55.3 cm³/mol. The maximum absolute atomic E-state index is 10.1. The maximum atomic E-state index is 10.1. The summed E-state index contributed by atoms with van der Waals surface area (Å²) in [7, 11) is 0. The van der Waals surface area contributed by atoms with Gasteiger partial charge < -0.3 is 5.11 Å². The molecule has 1 aromatic heterocycles.